The lowest BCUT2D eigenvalue weighted by Crippen LogP contribution is -1.98. The van der Waals surface area contributed by atoms with E-state index >= 15 is 0 Å². The summed E-state index contributed by atoms with van der Waals surface area (Å²) < 4.78 is 6.29. The lowest BCUT2D eigenvalue weighted by Gasteiger charge is -2.16. The molecule has 0 saturated heterocycles. The molecule has 1 nitrogen and oxygen atoms in total. The third-order valence-electron chi connectivity index (χ3n) is 2.61. The van der Waals surface area contributed by atoms with Crippen molar-refractivity contribution >= 4 is 43.5 Å². The maximum atomic E-state index is 6.10. The zero-order chi connectivity index (χ0) is 13.1. The quantitative estimate of drug-likeness (QED) is 0.620. The highest BCUT2D eigenvalue weighted by molar-refractivity contribution is 9.10. The molecular formula is C14H11Br2ClO. The summed E-state index contributed by atoms with van der Waals surface area (Å²) in [5, 5.41) is 0.679. The van der Waals surface area contributed by atoms with E-state index in [-0.39, 0.29) is 4.83 Å². The van der Waals surface area contributed by atoms with Crippen molar-refractivity contribution in [3.05, 3.63) is 63.1 Å². The lowest BCUT2D eigenvalue weighted by molar-refractivity contribution is 0.408. The van der Waals surface area contributed by atoms with Gasteiger partial charge in [-0.3, -0.25) is 0 Å². The Bertz CT molecular complexity index is 543. The summed E-state index contributed by atoms with van der Waals surface area (Å²) in [6, 6.07) is 13.9. The summed E-state index contributed by atoms with van der Waals surface area (Å²) in [5.41, 5.74) is 2.16. The van der Waals surface area contributed by atoms with E-state index in [2.05, 4.69) is 44.0 Å². The smallest absolute Gasteiger partial charge is 0.137 e. The average molecular weight is 391 g/mol. The fraction of sp³-hybridized carbons (Fsp3) is 0.143. The van der Waals surface area contributed by atoms with Gasteiger partial charge in [0.05, 0.1) is 16.4 Å². The van der Waals surface area contributed by atoms with E-state index in [1.54, 1.807) is 7.11 Å². The average Bonchev–Trinajstić information content (AvgIpc) is 2.38. The molecule has 1 unspecified atom stereocenters. The van der Waals surface area contributed by atoms with Gasteiger partial charge in [-0.15, -0.1) is 0 Å². The van der Waals surface area contributed by atoms with Gasteiger partial charge in [-0.1, -0.05) is 57.9 Å². The molecule has 18 heavy (non-hydrogen) atoms. The molecule has 2 aromatic rings. The number of hydrogen-bond donors (Lipinski definition) is 0. The topological polar surface area (TPSA) is 9.23 Å². The van der Waals surface area contributed by atoms with Crippen LogP contribution in [0.3, 0.4) is 0 Å². The molecule has 0 fully saturated rings. The molecule has 0 aliphatic heterocycles. The first-order valence-electron chi connectivity index (χ1n) is 5.35. The van der Waals surface area contributed by atoms with Crippen LogP contribution in [0.1, 0.15) is 16.0 Å². The SMILES string of the molecule is COc1c(Br)cc(Cl)cc1C(Br)c1ccccc1. The van der Waals surface area contributed by atoms with Gasteiger partial charge in [-0.05, 0) is 33.6 Å². The third-order valence-corrected chi connectivity index (χ3v) is 4.44. The van der Waals surface area contributed by atoms with Gasteiger partial charge < -0.3 is 4.74 Å². The highest BCUT2D eigenvalue weighted by atomic mass is 79.9. The van der Waals surface area contributed by atoms with Crippen molar-refractivity contribution in [2.24, 2.45) is 0 Å². The van der Waals surface area contributed by atoms with Crippen LogP contribution < -0.4 is 4.74 Å². The Morgan fingerprint density at radius 1 is 1.17 bits per heavy atom. The molecule has 0 aliphatic rings. The van der Waals surface area contributed by atoms with E-state index in [0.717, 1.165) is 21.3 Å². The first-order valence-corrected chi connectivity index (χ1v) is 7.44. The molecule has 0 bridgehead atoms. The fourth-order valence-electron chi connectivity index (χ4n) is 1.79. The maximum absolute atomic E-state index is 6.10. The number of ether oxygens (including phenoxy) is 1. The molecule has 4 heteroatoms. The number of methoxy groups -OCH3 is 1. The van der Waals surface area contributed by atoms with Gasteiger partial charge in [0, 0.05) is 10.6 Å². The van der Waals surface area contributed by atoms with Crippen molar-refractivity contribution in [1.29, 1.82) is 0 Å². The Labute approximate surface area is 128 Å². The first kappa shape index (κ1) is 13.9. The molecule has 94 valence electrons. The van der Waals surface area contributed by atoms with Crippen LogP contribution in [0.4, 0.5) is 0 Å². The van der Waals surface area contributed by atoms with Crippen molar-refractivity contribution in [2.45, 2.75) is 4.83 Å². The summed E-state index contributed by atoms with van der Waals surface area (Å²) >= 11 is 13.3. The summed E-state index contributed by atoms with van der Waals surface area (Å²) in [6.45, 7) is 0. The molecule has 0 saturated carbocycles. The van der Waals surface area contributed by atoms with Gasteiger partial charge in [-0.25, -0.2) is 0 Å². The minimum Gasteiger partial charge on any atom is -0.495 e. The monoisotopic (exact) mass is 388 g/mol. The van der Waals surface area contributed by atoms with Crippen LogP contribution in [0.2, 0.25) is 5.02 Å². The minimum atomic E-state index is 0.0450. The van der Waals surface area contributed by atoms with Crippen LogP contribution in [0.25, 0.3) is 0 Å². The molecule has 0 spiro atoms. The van der Waals surface area contributed by atoms with Gasteiger partial charge >= 0.3 is 0 Å². The van der Waals surface area contributed by atoms with E-state index in [9.17, 15) is 0 Å². The predicted octanol–water partition coefficient (Wildman–Crippen LogP) is 5.60. The molecule has 0 N–H and O–H groups in total. The minimum absolute atomic E-state index is 0.0450. The molecular weight excluding hydrogens is 379 g/mol. The van der Waals surface area contributed by atoms with E-state index in [0.29, 0.717) is 5.02 Å². The van der Waals surface area contributed by atoms with Crippen LogP contribution in [0, 0.1) is 0 Å². The summed E-state index contributed by atoms with van der Waals surface area (Å²) in [4.78, 5) is 0.0450. The van der Waals surface area contributed by atoms with Gasteiger partial charge in [0.25, 0.3) is 0 Å². The van der Waals surface area contributed by atoms with Crippen LogP contribution in [0.5, 0.6) is 5.75 Å². The highest BCUT2D eigenvalue weighted by Gasteiger charge is 2.18. The summed E-state index contributed by atoms with van der Waals surface area (Å²) in [6.07, 6.45) is 0. The Kier molecular flexibility index (Phi) is 4.71. The Morgan fingerprint density at radius 3 is 2.44 bits per heavy atom. The lowest BCUT2D eigenvalue weighted by atomic mass is 10.0. The van der Waals surface area contributed by atoms with Gasteiger partial charge in [0.2, 0.25) is 0 Å². The van der Waals surface area contributed by atoms with E-state index in [4.69, 9.17) is 16.3 Å². The van der Waals surface area contributed by atoms with Crippen molar-refractivity contribution in [1.82, 2.24) is 0 Å². The predicted molar refractivity (Wildman–Crippen MR) is 82.9 cm³/mol. The standard InChI is InChI=1S/C14H11Br2ClO/c1-18-14-11(7-10(17)8-12(14)15)13(16)9-5-3-2-4-6-9/h2-8,13H,1H3. The Hall–Kier alpha value is -0.510. The highest BCUT2D eigenvalue weighted by Crippen LogP contribution is 2.41. The summed E-state index contributed by atoms with van der Waals surface area (Å²) in [5.74, 6) is 0.796. The zero-order valence-corrected chi connectivity index (χ0v) is 13.6. The normalized spacial score (nSPS) is 12.2. The van der Waals surface area contributed by atoms with Gasteiger partial charge in [0.15, 0.2) is 0 Å². The molecule has 2 rings (SSSR count). The maximum Gasteiger partial charge on any atom is 0.137 e. The molecule has 0 amide bonds. The van der Waals surface area contributed by atoms with Crippen molar-refractivity contribution in [3.63, 3.8) is 0 Å². The number of alkyl halides is 1. The first-order chi connectivity index (χ1) is 8.63. The van der Waals surface area contributed by atoms with E-state index in [1.807, 2.05) is 30.3 Å². The largest absolute Gasteiger partial charge is 0.495 e. The number of rotatable bonds is 3. The molecule has 2 aromatic carbocycles. The van der Waals surface area contributed by atoms with Crippen LogP contribution in [-0.2, 0) is 0 Å². The van der Waals surface area contributed by atoms with Crippen LogP contribution in [0.15, 0.2) is 46.9 Å². The second kappa shape index (κ2) is 6.09. The van der Waals surface area contributed by atoms with Crippen molar-refractivity contribution in [2.75, 3.05) is 7.11 Å². The fourth-order valence-corrected chi connectivity index (χ4v) is 3.43. The van der Waals surface area contributed by atoms with Crippen LogP contribution in [-0.4, -0.2) is 7.11 Å². The number of hydrogen-bond acceptors (Lipinski definition) is 1. The second-order valence-corrected chi connectivity index (χ2v) is 5.99. The molecule has 0 radical (unpaired) electrons. The van der Waals surface area contributed by atoms with Crippen LogP contribution >= 0.6 is 43.5 Å². The molecule has 0 aliphatic carbocycles. The molecule has 0 heterocycles. The summed E-state index contributed by atoms with van der Waals surface area (Å²) in [7, 11) is 1.65. The van der Waals surface area contributed by atoms with Gasteiger partial charge in [0.1, 0.15) is 5.75 Å². The Balaban J connectivity index is 2.50. The van der Waals surface area contributed by atoms with E-state index < -0.39 is 0 Å². The number of halogens is 3. The molecule has 0 aromatic heterocycles. The van der Waals surface area contributed by atoms with Crippen molar-refractivity contribution < 1.29 is 4.74 Å². The van der Waals surface area contributed by atoms with Gasteiger partial charge in [-0.2, -0.15) is 0 Å². The second-order valence-electron chi connectivity index (χ2n) is 3.78. The Morgan fingerprint density at radius 2 is 1.83 bits per heavy atom. The third kappa shape index (κ3) is 2.90. The zero-order valence-electron chi connectivity index (χ0n) is 9.66. The van der Waals surface area contributed by atoms with E-state index in [1.165, 1.54) is 0 Å². The molecule has 1 atom stereocenters. The van der Waals surface area contributed by atoms with Crippen molar-refractivity contribution in [3.8, 4) is 5.75 Å². The number of benzene rings is 2.